The topological polar surface area (TPSA) is 68.9 Å². The molecule has 0 saturated heterocycles. The highest BCUT2D eigenvalue weighted by molar-refractivity contribution is 7.20. The van der Waals surface area contributed by atoms with Crippen LogP contribution in [0.3, 0.4) is 0 Å². The van der Waals surface area contributed by atoms with Crippen molar-refractivity contribution in [3.63, 3.8) is 0 Å². The van der Waals surface area contributed by atoms with Crippen molar-refractivity contribution < 1.29 is 4.79 Å². The van der Waals surface area contributed by atoms with Crippen molar-refractivity contribution in [2.75, 3.05) is 0 Å². The third-order valence-corrected chi connectivity index (χ3v) is 4.06. The fraction of sp³-hybridized carbons (Fsp3) is 0.308. The van der Waals surface area contributed by atoms with Crippen LogP contribution in [0.2, 0.25) is 0 Å². The number of carbonyl (C=O) groups is 1. The Bertz CT molecular complexity index is 632. The number of hydrogen-bond donors (Lipinski definition) is 1. The second kappa shape index (κ2) is 4.59. The van der Waals surface area contributed by atoms with Gasteiger partial charge < -0.3 is 5.73 Å². The van der Waals surface area contributed by atoms with Crippen molar-refractivity contribution in [3.05, 3.63) is 28.9 Å². The highest BCUT2D eigenvalue weighted by Gasteiger charge is 2.15. The molecule has 0 fully saturated rings. The SMILES string of the molecule is NC1CCC=C(c2cnc3cc(C=O)sc3n2)C1. The molecule has 1 atom stereocenters. The Morgan fingerprint density at radius 3 is 3.17 bits per heavy atom. The minimum absolute atomic E-state index is 0.219. The highest BCUT2D eigenvalue weighted by Crippen LogP contribution is 2.27. The second-order valence-corrected chi connectivity index (χ2v) is 5.55. The van der Waals surface area contributed by atoms with Gasteiger partial charge in [0.1, 0.15) is 10.3 Å². The molecule has 18 heavy (non-hydrogen) atoms. The number of aldehydes is 1. The normalized spacial score (nSPS) is 19.8. The number of aromatic nitrogens is 2. The zero-order valence-electron chi connectivity index (χ0n) is 9.80. The van der Waals surface area contributed by atoms with Crippen LogP contribution >= 0.6 is 11.3 Å². The lowest BCUT2D eigenvalue weighted by Gasteiger charge is -2.18. The number of allylic oxidation sites excluding steroid dienone is 1. The first kappa shape index (κ1) is 11.5. The lowest BCUT2D eigenvalue weighted by molar-refractivity contribution is 0.112. The summed E-state index contributed by atoms with van der Waals surface area (Å²) in [6.45, 7) is 0. The van der Waals surface area contributed by atoms with Gasteiger partial charge in [-0.2, -0.15) is 0 Å². The first-order valence-electron chi connectivity index (χ1n) is 5.93. The summed E-state index contributed by atoms with van der Waals surface area (Å²) < 4.78 is 0. The van der Waals surface area contributed by atoms with E-state index in [4.69, 9.17) is 5.73 Å². The third-order valence-electron chi connectivity index (χ3n) is 3.12. The van der Waals surface area contributed by atoms with Gasteiger partial charge in [0.25, 0.3) is 0 Å². The van der Waals surface area contributed by atoms with E-state index in [9.17, 15) is 4.79 Å². The van der Waals surface area contributed by atoms with Crippen LogP contribution in [-0.2, 0) is 0 Å². The van der Waals surface area contributed by atoms with Crippen LogP contribution in [-0.4, -0.2) is 22.3 Å². The molecular formula is C13H13N3OS. The van der Waals surface area contributed by atoms with Gasteiger partial charge in [0, 0.05) is 6.04 Å². The van der Waals surface area contributed by atoms with E-state index in [1.165, 1.54) is 16.9 Å². The molecule has 92 valence electrons. The van der Waals surface area contributed by atoms with Gasteiger partial charge >= 0.3 is 0 Å². The molecule has 3 rings (SSSR count). The Morgan fingerprint density at radius 2 is 2.39 bits per heavy atom. The van der Waals surface area contributed by atoms with Crippen molar-refractivity contribution in [3.8, 4) is 0 Å². The van der Waals surface area contributed by atoms with Crippen molar-refractivity contribution in [2.45, 2.75) is 25.3 Å². The Labute approximate surface area is 109 Å². The largest absolute Gasteiger partial charge is 0.327 e. The van der Waals surface area contributed by atoms with Crippen molar-refractivity contribution in [2.24, 2.45) is 5.73 Å². The number of fused-ring (bicyclic) bond motifs is 1. The summed E-state index contributed by atoms with van der Waals surface area (Å²) in [4.78, 5) is 21.1. The van der Waals surface area contributed by atoms with Gasteiger partial charge in [-0.1, -0.05) is 6.08 Å². The molecule has 2 aromatic rings. The van der Waals surface area contributed by atoms with Gasteiger partial charge in [0.2, 0.25) is 0 Å². The molecule has 0 radical (unpaired) electrons. The molecule has 0 saturated carbocycles. The first-order chi connectivity index (χ1) is 8.76. The van der Waals surface area contributed by atoms with Crippen molar-refractivity contribution in [1.82, 2.24) is 9.97 Å². The molecule has 5 heteroatoms. The van der Waals surface area contributed by atoms with Crippen LogP contribution in [0.1, 0.15) is 34.6 Å². The minimum Gasteiger partial charge on any atom is -0.327 e. The quantitative estimate of drug-likeness (QED) is 0.841. The van der Waals surface area contributed by atoms with E-state index in [0.29, 0.717) is 4.88 Å². The summed E-state index contributed by atoms with van der Waals surface area (Å²) in [5, 5.41) is 0. The second-order valence-electron chi connectivity index (χ2n) is 4.48. The molecule has 2 aromatic heterocycles. The van der Waals surface area contributed by atoms with Gasteiger partial charge in [-0.15, -0.1) is 11.3 Å². The van der Waals surface area contributed by atoms with E-state index in [2.05, 4.69) is 16.0 Å². The Balaban J connectivity index is 2.02. The predicted molar refractivity (Wildman–Crippen MR) is 72.6 cm³/mol. The average Bonchev–Trinajstić information content (AvgIpc) is 2.80. The molecule has 4 nitrogen and oxygen atoms in total. The van der Waals surface area contributed by atoms with E-state index in [0.717, 1.165) is 41.6 Å². The summed E-state index contributed by atoms with van der Waals surface area (Å²) in [5.41, 5.74) is 8.81. The molecule has 0 spiro atoms. The van der Waals surface area contributed by atoms with Crippen LogP contribution in [0.4, 0.5) is 0 Å². The summed E-state index contributed by atoms with van der Waals surface area (Å²) in [6.07, 6.45) is 7.68. The third kappa shape index (κ3) is 2.07. The fourth-order valence-electron chi connectivity index (χ4n) is 2.19. The molecule has 0 aromatic carbocycles. The lowest BCUT2D eigenvalue weighted by atomic mass is 9.94. The molecule has 0 aliphatic heterocycles. The van der Waals surface area contributed by atoms with Gasteiger partial charge in [-0.05, 0) is 30.9 Å². The monoisotopic (exact) mass is 259 g/mol. The van der Waals surface area contributed by atoms with Gasteiger partial charge in [0.05, 0.1) is 16.8 Å². The van der Waals surface area contributed by atoms with Crippen LogP contribution < -0.4 is 5.73 Å². The maximum absolute atomic E-state index is 10.7. The van der Waals surface area contributed by atoms with Crippen molar-refractivity contribution in [1.29, 1.82) is 0 Å². The smallest absolute Gasteiger partial charge is 0.160 e. The molecular weight excluding hydrogens is 246 g/mol. The van der Waals surface area contributed by atoms with E-state index in [1.807, 2.05) is 0 Å². The van der Waals surface area contributed by atoms with Gasteiger partial charge in [-0.25, -0.2) is 4.98 Å². The molecule has 1 aliphatic rings. The first-order valence-corrected chi connectivity index (χ1v) is 6.74. The Hall–Kier alpha value is -1.59. The van der Waals surface area contributed by atoms with Crippen molar-refractivity contribution >= 4 is 33.5 Å². The predicted octanol–water partition coefficient (Wildman–Crippen LogP) is 2.40. The number of nitrogens with zero attached hydrogens (tertiary/aromatic N) is 2. The van der Waals surface area contributed by atoms with Crippen LogP contribution in [0.5, 0.6) is 0 Å². The standard InChI is InChI=1S/C13H13N3OS/c14-9-3-1-2-8(4-9)12-6-15-11-5-10(7-17)18-13(11)16-12/h2,5-7,9H,1,3-4,14H2. The number of nitrogens with two attached hydrogens (primary N) is 1. The molecule has 1 aliphatic carbocycles. The molecule has 1 unspecified atom stereocenters. The van der Waals surface area contributed by atoms with Crippen LogP contribution in [0.15, 0.2) is 18.3 Å². The van der Waals surface area contributed by atoms with Gasteiger partial charge in [0.15, 0.2) is 6.29 Å². The fourth-order valence-corrected chi connectivity index (χ4v) is 2.99. The van der Waals surface area contributed by atoms with E-state index in [-0.39, 0.29) is 6.04 Å². The summed E-state index contributed by atoms with van der Waals surface area (Å²) in [7, 11) is 0. The number of rotatable bonds is 2. The van der Waals surface area contributed by atoms with E-state index in [1.54, 1.807) is 12.3 Å². The van der Waals surface area contributed by atoms with Gasteiger partial charge in [-0.3, -0.25) is 9.78 Å². The number of carbonyl (C=O) groups excluding carboxylic acids is 1. The number of hydrogen-bond acceptors (Lipinski definition) is 5. The Kier molecular flexibility index (Phi) is 2.93. The zero-order chi connectivity index (χ0) is 12.5. The minimum atomic E-state index is 0.219. The van der Waals surface area contributed by atoms with Crippen LogP contribution in [0, 0.1) is 0 Å². The summed E-state index contributed by atoms with van der Waals surface area (Å²) in [5.74, 6) is 0. The highest BCUT2D eigenvalue weighted by atomic mass is 32.1. The summed E-state index contributed by atoms with van der Waals surface area (Å²) >= 11 is 1.38. The average molecular weight is 259 g/mol. The molecule has 0 bridgehead atoms. The van der Waals surface area contributed by atoms with E-state index >= 15 is 0 Å². The lowest BCUT2D eigenvalue weighted by Crippen LogP contribution is -2.22. The maximum Gasteiger partial charge on any atom is 0.160 e. The zero-order valence-corrected chi connectivity index (χ0v) is 10.6. The summed E-state index contributed by atoms with van der Waals surface area (Å²) in [6, 6.07) is 1.99. The Morgan fingerprint density at radius 1 is 1.50 bits per heavy atom. The molecule has 2 N–H and O–H groups in total. The van der Waals surface area contributed by atoms with E-state index < -0.39 is 0 Å². The molecule has 2 heterocycles. The van der Waals surface area contributed by atoms with Crippen LogP contribution in [0.25, 0.3) is 15.9 Å². The maximum atomic E-state index is 10.7. The molecule has 0 amide bonds. The number of thiophene rings is 1.